The number of thioether (sulfide) groups is 1. The van der Waals surface area contributed by atoms with Crippen molar-refractivity contribution >= 4 is 23.4 Å². The lowest BCUT2D eigenvalue weighted by atomic mass is 9.92. The third kappa shape index (κ3) is 4.86. The smallest absolute Gasteiger partial charge is 0.189 e. The van der Waals surface area contributed by atoms with Gasteiger partial charge in [-0.2, -0.15) is 0 Å². The maximum Gasteiger partial charge on any atom is 0.189 e. The van der Waals surface area contributed by atoms with Crippen LogP contribution in [-0.4, -0.2) is 47.5 Å². The highest BCUT2D eigenvalue weighted by Crippen LogP contribution is 2.25. The Labute approximate surface area is 159 Å². The SMILES string of the molecule is CSc1nc(NCc2ccnc(N3CCOCC3)c2)cc(C(C)(C)C)n1. The molecule has 0 atom stereocenters. The first-order valence-corrected chi connectivity index (χ1v) is 10.1. The Hall–Kier alpha value is -1.86. The zero-order valence-corrected chi connectivity index (χ0v) is 16.8. The quantitative estimate of drug-likeness (QED) is 0.637. The van der Waals surface area contributed by atoms with Gasteiger partial charge in [-0.1, -0.05) is 32.5 Å². The molecule has 2 aromatic heterocycles. The van der Waals surface area contributed by atoms with Gasteiger partial charge in [0.05, 0.1) is 18.9 Å². The van der Waals surface area contributed by atoms with Crippen molar-refractivity contribution in [2.24, 2.45) is 0 Å². The highest BCUT2D eigenvalue weighted by Gasteiger charge is 2.18. The van der Waals surface area contributed by atoms with E-state index in [0.717, 1.165) is 48.8 Å². The normalized spacial score (nSPS) is 15.2. The highest BCUT2D eigenvalue weighted by atomic mass is 32.2. The Morgan fingerprint density at radius 2 is 1.96 bits per heavy atom. The molecule has 1 aliphatic heterocycles. The first-order valence-electron chi connectivity index (χ1n) is 8.91. The standard InChI is InChI=1S/C19H27N5OS/c1-19(2,3)15-12-16(23-18(22-15)26-4)21-13-14-5-6-20-17(11-14)24-7-9-25-10-8-24/h5-6,11-12H,7-10,13H2,1-4H3,(H,21,22,23). The Morgan fingerprint density at radius 1 is 1.19 bits per heavy atom. The number of anilines is 2. The monoisotopic (exact) mass is 373 g/mol. The van der Waals surface area contributed by atoms with Gasteiger partial charge in [0.2, 0.25) is 0 Å². The Morgan fingerprint density at radius 3 is 2.65 bits per heavy atom. The van der Waals surface area contributed by atoms with Gasteiger partial charge in [-0.15, -0.1) is 0 Å². The molecule has 3 rings (SSSR count). The molecular weight excluding hydrogens is 346 g/mol. The summed E-state index contributed by atoms with van der Waals surface area (Å²) >= 11 is 1.57. The molecular formula is C19H27N5OS. The number of aromatic nitrogens is 3. The van der Waals surface area contributed by atoms with E-state index in [0.29, 0.717) is 6.54 Å². The van der Waals surface area contributed by atoms with E-state index in [4.69, 9.17) is 4.74 Å². The van der Waals surface area contributed by atoms with Crippen LogP contribution in [0.5, 0.6) is 0 Å². The summed E-state index contributed by atoms with van der Waals surface area (Å²) in [5.74, 6) is 1.87. The van der Waals surface area contributed by atoms with E-state index < -0.39 is 0 Å². The molecule has 1 aliphatic rings. The predicted molar refractivity (Wildman–Crippen MR) is 107 cm³/mol. The van der Waals surface area contributed by atoms with Crippen LogP contribution in [0.25, 0.3) is 0 Å². The van der Waals surface area contributed by atoms with E-state index in [1.807, 2.05) is 24.6 Å². The Balaban J connectivity index is 1.72. The maximum absolute atomic E-state index is 5.42. The molecule has 0 amide bonds. The molecule has 0 spiro atoms. The third-order valence-electron chi connectivity index (χ3n) is 4.28. The molecule has 0 radical (unpaired) electrons. The zero-order valence-electron chi connectivity index (χ0n) is 16.0. The fraction of sp³-hybridized carbons (Fsp3) is 0.526. The number of hydrogen-bond acceptors (Lipinski definition) is 7. The van der Waals surface area contributed by atoms with Gasteiger partial charge in [0.1, 0.15) is 11.6 Å². The molecule has 1 saturated heterocycles. The van der Waals surface area contributed by atoms with Crippen molar-refractivity contribution in [3.05, 3.63) is 35.7 Å². The third-order valence-corrected chi connectivity index (χ3v) is 4.82. The van der Waals surface area contributed by atoms with Gasteiger partial charge in [0.15, 0.2) is 5.16 Å². The Bertz CT molecular complexity index is 741. The van der Waals surface area contributed by atoms with Crippen LogP contribution < -0.4 is 10.2 Å². The van der Waals surface area contributed by atoms with Crippen molar-refractivity contribution < 1.29 is 4.74 Å². The van der Waals surface area contributed by atoms with Crippen LogP contribution in [0.2, 0.25) is 0 Å². The minimum absolute atomic E-state index is 0.00990. The maximum atomic E-state index is 5.42. The zero-order chi connectivity index (χ0) is 18.6. The van der Waals surface area contributed by atoms with Crippen molar-refractivity contribution in [1.82, 2.24) is 15.0 Å². The van der Waals surface area contributed by atoms with Crippen LogP contribution in [0.3, 0.4) is 0 Å². The van der Waals surface area contributed by atoms with E-state index in [-0.39, 0.29) is 5.41 Å². The molecule has 140 valence electrons. The summed E-state index contributed by atoms with van der Waals surface area (Å²) in [7, 11) is 0. The summed E-state index contributed by atoms with van der Waals surface area (Å²) in [6, 6.07) is 6.22. The van der Waals surface area contributed by atoms with Gasteiger partial charge in [-0.3, -0.25) is 0 Å². The van der Waals surface area contributed by atoms with Gasteiger partial charge in [0.25, 0.3) is 0 Å². The predicted octanol–water partition coefficient (Wildman–Crippen LogP) is 3.34. The van der Waals surface area contributed by atoms with E-state index >= 15 is 0 Å². The van der Waals surface area contributed by atoms with E-state index in [9.17, 15) is 0 Å². The molecule has 0 aromatic carbocycles. The van der Waals surface area contributed by atoms with Crippen molar-refractivity contribution in [1.29, 1.82) is 0 Å². The topological polar surface area (TPSA) is 63.2 Å². The van der Waals surface area contributed by atoms with E-state index in [1.165, 1.54) is 5.56 Å². The number of hydrogen-bond donors (Lipinski definition) is 1. The number of nitrogens with one attached hydrogen (secondary N) is 1. The second-order valence-electron chi connectivity index (χ2n) is 7.35. The Kier molecular flexibility index (Phi) is 5.98. The summed E-state index contributed by atoms with van der Waals surface area (Å²) in [4.78, 5) is 16.0. The van der Waals surface area contributed by atoms with Crippen molar-refractivity contribution in [3.63, 3.8) is 0 Å². The number of morpholine rings is 1. The molecule has 1 fully saturated rings. The molecule has 0 unspecified atom stereocenters. The van der Waals surface area contributed by atoms with Gasteiger partial charge in [-0.05, 0) is 24.0 Å². The summed E-state index contributed by atoms with van der Waals surface area (Å²) < 4.78 is 5.42. The summed E-state index contributed by atoms with van der Waals surface area (Å²) in [6.07, 6.45) is 3.87. The number of nitrogens with zero attached hydrogens (tertiary/aromatic N) is 4. The fourth-order valence-corrected chi connectivity index (χ4v) is 3.10. The fourth-order valence-electron chi connectivity index (χ4n) is 2.72. The first-order chi connectivity index (χ1) is 12.5. The molecule has 7 heteroatoms. The largest absolute Gasteiger partial charge is 0.378 e. The summed E-state index contributed by atoms with van der Waals surface area (Å²) in [5.41, 5.74) is 2.22. The molecule has 0 bridgehead atoms. The minimum atomic E-state index is -0.00990. The lowest BCUT2D eigenvalue weighted by Gasteiger charge is -2.28. The molecule has 6 nitrogen and oxygen atoms in total. The van der Waals surface area contributed by atoms with Crippen LogP contribution in [0.15, 0.2) is 29.6 Å². The van der Waals surface area contributed by atoms with Gasteiger partial charge >= 0.3 is 0 Å². The van der Waals surface area contributed by atoms with Gasteiger partial charge in [0, 0.05) is 37.3 Å². The summed E-state index contributed by atoms with van der Waals surface area (Å²) in [5, 5.41) is 4.24. The molecule has 3 heterocycles. The molecule has 26 heavy (non-hydrogen) atoms. The van der Waals surface area contributed by atoms with E-state index in [2.05, 4.69) is 52.0 Å². The van der Waals surface area contributed by atoms with Crippen molar-refractivity contribution in [3.8, 4) is 0 Å². The average molecular weight is 374 g/mol. The second kappa shape index (κ2) is 8.22. The lowest BCUT2D eigenvalue weighted by molar-refractivity contribution is 0.122. The first kappa shape index (κ1) is 18.9. The summed E-state index contributed by atoms with van der Waals surface area (Å²) in [6.45, 7) is 10.5. The van der Waals surface area contributed by atoms with Crippen molar-refractivity contribution in [2.75, 3.05) is 42.8 Å². The van der Waals surface area contributed by atoms with E-state index in [1.54, 1.807) is 11.8 Å². The number of pyridine rings is 1. The number of rotatable bonds is 5. The number of ether oxygens (including phenoxy) is 1. The van der Waals surface area contributed by atoms with Crippen LogP contribution in [0.4, 0.5) is 11.6 Å². The molecule has 0 aliphatic carbocycles. The van der Waals surface area contributed by atoms with Crippen molar-refractivity contribution in [2.45, 2.75) is 37.9 Å². The second-order valence-corrected chi connectivity index (χ2v) is 8.12. The van der Waals surface area contributed by atoms with Crippen LogP contribution in [0, 0.1) is 0 Å². The van der Waals surface area contributed by atoms with Gasteiger partial charge < -0.3 is 15.0 Å². The van der Waals surface area contributed by atoms with Crippen LogP contribution in [0.1, 0.15) is 32.0 Å². The minimum Gasteiger partial charge on any atom is -0.378 e. The lowest BCUT2D eigenvalue weighted by Crippen LogP contribution is -2.36. The molecule has 1 N–H and O–H groups in total. The molecule has 2 aromatic rings. The van der Waals surface area contributed by atoms with Crippen LogP contribution in [-0.2, 0) is 16.7 Å². The van der Waals surface area contributed by atoms with Gasteiger partial charge in [-0.25, -0.2) is 15.0 Å². The highest BCUT2D eigenvalue weighted by molar-refractivity contribution is 7.98. The molecule has 0 saturated carbocycles. The van der Waals surface area contributed by atoms with Crippen LogP contribution >= 0.6 is 11.8 Å². The average Bonchev–Trinajstić information content (AvgIpc) is 2.66.